The molecule has 1 aliphatic rings. The Labute approximate surface area is 175 Å². The highest BCUT2D eigenvalue weighted by atomic mass is 16.5. The molecule has 156 valence electrons. The minimum absolute atomic E-state index is 0.117. The molecule has 0 fully saturated rings. The summed E-state index contributed by atoms with van der Waals surface area (Å²) >= 11 is 0. The molecule has 7 nitrogen and oxygen atoms in total. The minimum Gasteiger partial charge on any atom is -0.452 e. The Hall–Kier alpha value is -3.48. The standard InChI is InChI=1S/C23H24N2O5/c1-4-5-10-25-21(27)17-9-8-16(12-18(17)22(25)28)23(29)30-13-20(26)24-19-11-14(2)6-7-15(19)3/h6-9,11-12H,4-5,10,13H2,1-3H3,(H,24,26). The van der Waals surface area contributed by atoms with Crippen LogP contribution in [0.4, 0.5) is 5.69 Å². The number of unbranched alkanes of at least 4 members (excludes halogenated alkanes) is 1. The third-order valence-corrected chi connectivity index (χ3v) is 4.94. The topological polar surface area (TPSA) is 92.8 Å². The predicted molar refractivity (Wildman–Crippen MR) is 112 cm³/mol. The summed E-state index contributed by atoms with van der Waals surface area (Å²) in [4.78, 5) is 50.6. The molecule has 2 aromatic carbocycles. The molecule has 0 aliphatic carbocycles. The van der Waals surface area contributed by atoms with Gasteiger partial charge in [0.2, 0.25) is 0 Å². The molecule has 0 spiro atoms. The molecule has 7 heteroatoms. The number of anilines is 1. The molecular formula is C23H24N2O5. The molecule has 3 rings (SSSR count). The van der Waals surface area contributed by atoms with Gasteiger partial charge in [0.25, 0.3) is 17.7 Å². The number of carbonyl (C=O) groups excluding carboxylic acids is 4. The highest BCUT2D eigenvalue weighted by molar-refractivity contribution is 6.22. The number of hydrogen-bond donors (Lipinski definition) is 1. The number of imide groups is 1. The Balaban J connectivity index is 1.64. The summed E-state index contributed by atoms with van der Waals surface area (Å²) in [7, 11) is 0. The zero-order valence-electron chi connectivity index (χ0n) is 17.3. The van der Waals surface area contributed by atoms with Crippen LogP contribution >= 0.6 is 0 Å². The highest BCUT2D eigenvalue weighted by Crippen LogP contribution is 2.25. The lowest BCUT2D eigenvalue weighted by molar-refractivity contribution is -0.119. The third kappa shape index (κ3) is 4.40. The number of rotatable bonds is 7. The number of aryl methyl sites for hydroxylation is 2. The molecule has 0 radical (unpaired) electrons. The van der Waals surface area contributed by atoms with Crippen LogP contribution in [-0.2, 0) is 9.53 Å². The number of fused-ring (bicyclic) bond motifs is 1. The summed E-state index contributed by atoms with van der Waals surface area (Å²) in [6.45, 7) is 5.65. The molecule has 0 saturated carbocycles. The van der Waals surface area contributed by atoms with Crippen LogP contribution < -0.4 is 5.32 Å². The van der Waals surface area contributed by atoms with Gasteiger partial charge in [-0.3, -0.25) is 19.3 Å². The van der Waals surface area contributed by atoms with E-state index in [0.29, 0.717) is 12.2 Å². The Kier molecular flexibility index (Phi) is 6.30. The SMILES string of the molecule is CCCCN1C(=O)c2ccc(C(=O)OCC(=O)Nc3cc(C)ccc3C)cc2C1=O. The number of ether oxygens (including phenoxy) is 1. The molecule has 0 atom stereocenters. The van der Waals surface area contributed by atoms with Crippen molar-refractivity contribution in [3.05, 3.63) is 64.2 Å². The smallest absolute Gasteiger partial charge is 0.338 e. The number of benzene rings is 2. The summed E-state index contributed by atoms with van der Waals surface area (Å²) in [6, 6.07) is 9.90. The molecule has 1 heterocycles. The van der Waals surface area contributed by atoms with E-state index in [0.717, 1.165) is 24.0 Å². The lowest BCUT2D eigenvalue weighted by Crippen LogP contribution is -2.30. The average Bonchev–Trinajstić information content (AvgIpc) is 2.97. The van der Waals surface area contributed by atoms with E-state index in [-0.39, 0.29) is 22.6 Å². The number of hydrogen-bond acceptors (Lipinski definition) is 5. The van der Waals surface area contributed by atoms with Crippen LogP contribution in [-0.4, -0.2) is 41.7 Å². The Morgan fingerprint density at radius 2 is 1.73 bits per heavy atom. The summed E-state index contributed by atoms with van der Waals surface area (Å²) in [6.07, 6.45) is 1.57. The lowest BCUT2D eigenvalue weighted by Gasteiger charge is -2.12. The monoisotopic (exact) mass is 408 g/mol. The second-order valence-electron chi connectivity index (χ2n) is 7.32. The van der Waals surface area contributed by atoms with Crippen molar-refractivity contribution in [2.75, 3.05) is 18.5 Å². The van der Waals surface area contributed by atoms with Gasteiger partial charge in [-0.25, -0.2) is 4.79 Å². The lowest BCUT2D eigenvalue weighted by atomic mass is 10.1. The molecule has 0 bridgehead atoms. The number of nitrogens with one attached hydrogen (secondary N) is 1. The molecule has 30 heavy (non-hydrogen) atoms. The van der Waals surface area contributed by atoms with E-state index in [4.69, 9.17) is 4.74 Å². The molecule has 0 saturated heterocycles. The quantitative estimate of drug-likeness (QED) is 0.559. The third-order valence-electron chi connectivity index (χ3n) is 4.94. The normalized spacial score (nSPS) is 12.7. The van der Waals surface area contributed by atoms with Gasteiger partial charge in [-0.1, -0.05) is 25.5 Å². The molecule has 2 aromatic rings. The number of amides is 3. The van der Waals surface area contributed by atoms with Gasteiger partial charge < -0.3 is 10.1 Å². The Morgan fingerprint density at radius 1 is 1.00 bits per heavy atom. The molecule has 0 unspecified atom stereocenters. The van der Waals surface area contributed by atoms with Crippen molar-refractivity contribution in [3.63, 3.8) is 0 Å². The zero-order chi connectivity index (χ0) is 21.8. The first-order chi connectivity index (χ1) is 14.3. The molecule has 0 aromatic heterocycles. The summed E-state index contributed by atoms with van der Waals surface area (Å²) < 4.78 is 5.08. The minimum atomic E-state index is -0.735. The molecule has 1 N–H and O–H groups in total. The second kappa shape index (κ2) is 8.90. The van der Waals surface area contributed by atoms with Gasteiger partial charge in [0.15, 0.2) is 6.61 Å². The fourth-order valence-corrected chi connectivity index (χ4v) is 3.21. The maximum atomic E-state index is 12.5. The maximum Gasteiger partial charge on any atom is 0.338 e. The van der Waals surface area contributed by atoms with E-state index >= 15 is 0 Å². The number of nitrogens with zero attached hydrogens (tertiary/aromatic N) is 1. The van der Waals surface area contributed by atoms with Crippen molar-refractivity contribution in [1.82, 2.24) is 4.90 Å². The van der Waals surface area contributed by atoms with E-state index < -0.39 is 24.4 Å². The van der Waals surface area contributed by atoms with Crippen molar-refractivity contribution in [2.24, 2.45) is 0 Å². The Morgan fingerprint density at radius 3 is 2.47 bits per heavy atom. The van der Waals surface area contributed by atoms with Gasteiger partial charge in [0, 0.05) is 12.2 Å². The van der Waals surface area contributed by atoms with Gasteiger partial charge >= 0.3 is 5.97 Å². The first kappa shape index (κ1) is 21.2. The molecule has 1 aliphatic heterocycles. The van der Waals surface area contributed by atoms with Gasteiger partial charge in [-0.15, -0.1) is 0 Å². The first-order valence-corrected chi connectivity index (χ1v) is 9.86. The molecule has 3 amide bonds. The van der Waals surface area contributed by atoms with Crippen molar-refractivity contribution in [2.45, 2.75) is 33.6 Å². The summed E-state index contributed by atoms with van der Waals surface area (Å²) in [5.41, 5.74) is 3.13. The maximum absolute atomic E-state index is 12.5. The van der Waals surface area contributed by atoms with Crippen LogP contribution in [0.25, 0.3) is 0 Å². The van der Waals surface area contributed by atoms with Gasteiger partial charge in [0.05, 0.1) is 16.7 Å². The van der Waals surface area contributed by atoms with Crippen molar-refractivity contribution in [3.8, 4) is 0 Å². The first-order valence-electron chi connectivity index (χ1n) is 9.86. The van der Waals surface area contributed by atoms with E-state index in [9.17, 15) is 19.2 Å². The summed E-state index contributed by atoms with van der Waals surface area (Å²) in [5.74, 6) is -1.96. The highest BCUT2D eigenvalue weighted by Gasteiger charge is 2.35. The van der Waals surface area contributed by atoms with Crippen molar-refractivity contribution < 1.29 is 23.9 Å². The van der Waals surface area contributed by atoms with Crippen LogP contribution in [0.3, 0.4) is 0 Å². The average molecular weight is 408 g/mol. The summed E-state index contributed by atoms with van der Waals surface area (Å²) in [5, 5.41) is 2.72. The zero-order valence-corrected chi connectivity index (χ0v) is 17.3. The molecular weight excluding hydrogens is 384 g/mol. The fourth-order valence-electron chi connectivity index (χ4n) is 3.21. The van der Waals surface area contributed by atoms with Crippen LogP contribution in [0.2, 0.25) is 0 Å². The fraction of sp³-hybridized carbons (Fsp3) is 0.304. The van der Waals surface area contributed by atoms with Gasteiger partial charge in [-0.2, -0.15) is 0 Å². The van der Waals surface area contributed by atoms with Crippen LogP contribution in [0.5, 0.6) is 0 Å². The Bertz CT molecular complexity index is 1030. The predicted octanol–water partition coefficient (Wildman–Crippen LogP) is 3.50. The second-order valence-corrected chi connectivity index (χ2v) is 7.32. The largest absolute Gasteiger partial charge is 0.452 e. The van der Waals surface area contributed by atoms with Crippen molar-refractivity contribution >= 4 is 29.4 Å². The van der Waals surface area contributed by atoms with Crippen molar-refractivity contribution in [1.29, 1.82) is 0 Å². The van der Waals surface area contributed by atoms with Crippen LogP contribution in [0, 0.1) is 13.8 Å². The van der Waals surface area contributed by atoms with Gasteiger partial charge in [0.1, 0.15) is 0 Å². The van der Waals surface area contributed by atoms with E-state index in [2.05, 4.69) is 5.32 Å². The number of carbonyl (C=O) groups is 4. The van der Waals surface area contributed by atoms with E-state index in [1.807, 2.05) is 39.0 Å². The van der Waals surface area contributed by atoms with Gasteiger partial charge in [-0.05, 0) is 55.7 Å². The van der Waals surface area contributed by atoms with E-state index in [1.165, 1.54) is 23.1 Å². The number of esters is 1. The van der Waals surface area contributed by atoms with Crippen LogP contribution in [0.1, 0.15) is 62.0 Å². The van der Waals surface area contributed by atoms with Crippen LogP contribution in [0.15, 0.2) is 36.4 Å². The van der Waals surface area contributed by atoms with E-state index in [1.54, 1.807) is 0 Å².